The Balaban J connectivity index is 1.62. The van der Waals surface area contributed by atoms with Crippen molar-refractivity contribution in [3.63, 3.8) is 0 Å². The molecule has 0 saturated heterocycles. The van der Waals surface area contributed by atoms with Crippen LogP contribution in [-0.4, -0.2) is 15.5 Å². The van der Waals surface area contributed by atoms with Gasteiger partial charge in [-0.05, 0) is 34.9 Å². The number of carbonyl (C=O) groups excluding carboxylic acids is 1. The predicted octanol–water partition coefficient (Wildman–Crippen LogP) is 5.38. The van der Waals surface area contributed by atoms with E-state index in [0.717, 1.165) is 22.4 Å². The minimum atomic E-state index is -0.165. The number of nitrogens with zero attached hydrogens (tertiary/aromatic N) is 2. The Morgan fingerprint density at radius 3 is 2.47 bits per heavy atom. The first-order chi connectivity index (χ1) is 14.7. The van der Waals surface area contributed by atoms with Gasteiger partial charge in [-0.1, -0.05) is 78.3 Å². The second kappa shape index (κ2) is 9.25. The monoisotopic (exact) mass is 413 g/mol. The van der Waals surface area contributed by atoms with E-state index in [-0.39, 0.29) is 5.91 Å². The highest BCUT2D eigenvalue weighted by molar-refractivity contribution is 6.33. The molecule has 0 spiro atoms. The van der Waals surface area contributed by atoms with E-state index in [1.54, 1.807) is 12.5 Å². The molecule has 1 N–H and O–H groups in total. The Hall–Kier alpha value is -3.63. The minimum Gasteiger partial charge on any atom is -0.348 e. The topological polar surface area (TPSA) is 46.9 Å². The normalized spacial score (nSPS) is 11.3. The van der Waals surface area contributed by atoms with Gasteiger partial charge in [-0.15, -0.1) is 0 Å². The van der Waals surface area contributed by atoms with Crippen LogP contribution < -0.4 is 5.32 Å². The molecule has 1 amide bonds. The summed E-state index contributed by atoms with van der Waals surface area (Å²) in [7, 11) is 0. The number of para-hydroxylation sites is 1. The molecule has 0 saturated carbocycles. The Bertz CT molecular complexity index is 1170. The molecule has 30 heavy (non-hydrogen) atoms. The summed E-state index contributed by atoms with van der Waals surface area (Å²) in [5, 5.41) is 3.66. The van der Waals surface area contributed by atoms with Crippen molar-refractivity contribution in [2.24, 2.45) is 0 Å². The summed E-state index contributed by atoms with van der Waals surface area (Å²) < 4.78 is 1.93. The average molecular weight is 414 g/mol. The second-order valence-electron chi connectivity index (χ2n) is 6.73. The van der Waals surface area contributed by atoms with Gasteiger partial charge in [-0.25, -0.2) is 4.98 Å². The predicted molar refractivity (Wildman–Crippen MR) is 121 cm³/mol. The minimum absolute atomic E-state index is 0.165. The summed E-state index contributed by atoms with van der Waals surface area (Å²) in [4.78, 5) is 17.3. The summed E-state index contributed by atoms with van der Waals surface area (Å²) in [6.45, 7) is 0.389. The zero-order chi connectivity index (χ0) is 20.8. The number of nitrogens with one attached hydrogen (secondary N) is 1. The molecule has 0 aliphatic heterocycles. The second-order valence-corrected chi connectivity index (χ2v) is 7.13. The van der Waals surface area contributed by atoms with E-state index >= 15 is 0 Å². The van der Waals surface area contributed by atoms with Crippen LogP contribution in [0.15, 0.2) is 97.6 Å². The summed E-state index contributed by atoms with van der Waals surface area (Å²) in [5.41, 5.74) is 4.16. The van der Waals surface area contributed by atoms with E-state index in [2.05, 4.69) is 10.3 Å². The number of imidazole rings is 1. The first-order valence-corrected chi connectivity index (χ1v) is 9.96. The van der Waals surface area contributed by atoms with Gasteiger partial charge in [0.2, 0.25) is 0 Å². The summed E-state index contributed by atoms with van der Waals surface area (Å²) in [6, 6.07) is 25.0. The number of aromatic nitrogens is 2. The Morgan fingerprint density at radius 2 is 1.70 bits per heavy atom. The van der Waals surface area contributed by atoms with Gasteiger partial charge in [-0.3, -0.25) is 4.79 Å². The molecular formula is C25H20ClN3O. The van der Waals surface area contributed by atoms with E-state index in [9.17, 15) is 4.79 Å². The first-order valence-electron chi connectivity index (χ1n) is 9.58. The van der Waals surface area contributed by atoms with Crippen LogP contribution in [0.25, 0.3) is 17.3 Å². The van der Waals surface area contributed by atoms with Crippen molar-refractivity contribution in [3.05, 3.63) is 119 Å². The third-order valence-corrected chi connectivity index (χ3v) is 5.09. The van der Waals surface area contributed by atoms with Crippen LogP contribution in [-0.2, 0) is 11.3 Å². The maximum absolute atomic E-state index is 13.2. The molecule has 1 aromatic heterocycles. The van der Waals surface area contributed by atoms with Gasteiger partial charge >= 0.3 is 0 Å². The van der Waals surface area contributed by atoms with Crippen molar-refractivity contribution in [1.29, 1.82) is 0 Å². The average Bonchev–Trinajstić information content (AvgIpc) is 3.32. The fourth-order valence-electron chi connectivity index (χ4n) is 3.23. The molecule has 0 aliphatic rings. The molecule has 0 bridgehead atoms. The van der Waals surface area contributed by atoms with E-state index in [0.29, 0.717) is 17.1 Å². The lowest BCUT2D eigenvalue weighted by Crippen LogP contribution is -2.24. The zero-order valence-electron chi connectivity index (χ0n) is 16.2. The van der Waals surface area contributed by atoms with Gasteiger partial charge in [0.1, 0.15) is 0 Å². The molecule has 4 aromatic rings. The first kappa shape index (κ1) is 19.7. The van der Waals surface area contributed by atoms with Crippen LogP contribution in [0, 0.1) is 0 Å². The molecule has 3 aromatic carbocycles. The number of rotatable bonds is 6. The number of hydrogen-bond donors (Lipinski definition) is 1. The highest BCUT2D eigenvalue weighted by Gasteiger charge is 2.14. The van der Waals surface area contributed by atoms with E-state index in [1.807, 2.05) is 95.7 Å². The maximum Gasteiger partial charge on any atom is 0.252 e. The van der Waals surface area contributed by atoms with Crippen LogP contribution in [0.1, 0.15) is 16.7 Å². The van der Waals surface area contributed by atoms with Gasteiger partial charge in [-0.2, -0.15) is 0 Å². The Morgan fingerprint density at radius 1 is 0.967 bits per heavy atom. The third-order valence-electron chi connectivity index (χ3n) is 4.75. The molecule has 0 fully saturated rings. The van der Waals surface area contributed by atoms with Crippen molar-refractivity contribution in [3.8, 4) is 5.69 Å². The maximum atomic E-state index is 13.2. The van der Waals surface area contributed by atoms with Gasteiger partial charge in [0.05, 0.1) is 12.0 Å². The van der Waals surface area contributed by atoms with Gasteiger partial charge < -0.3 is 9.88 Å². The van der Waals surface area contributed by atoms with Crippen molar-refractivity contribution in [1.82, 2.24) is 14.9 Å². The standard InChI is InChI=1S/C25H20ClN3O/c26-23-12-6-4-10-20(23)16-22(19-8-2-1-3-9-19)25(30)28-17-21-11-5-7-13-24(21)29-15-14-27-18-29/h1-16,18H,17H2,(H,28,30)/b22-16+. The molecule has 148 valence electrons. The van der Waals surface area contributed by atoms with Crippen LogP contribution in [0.3, 0.4) is 0 Å². The molecule has 4 nitrogen and oxygen atoms in total. The van der Waals surface area contributed by atoms with Crippen LogP contribution in [0.5, 0.6) is 0 Å². The van der Waals surface area contributed by atoms with Gasteiger partial charge in [0, 0.05) is 29.5 Å². The highest BCUT2D eigenvalue weighted by Crippen LogP contribution is 2.24. The van der Waals surface area contributed by atoms with E-state index < -0.39 is 0 Å². The molecule has 5 heteroatoms. The molecule has 1 heterocycles. The van der Waals surface area contributed by atoms with Crippen LogP contribution in [0.2, 0.25) is 5.02 Å². The number of hydrogen-bond acceptors (Lipinski definition) is 2. The SMILES string of the molecule is O=C(NCc1ccccc1-n1ccnc1)/C(=C/c1ccccc1Cl)c1ccccc1. The third kappa shape index (κ3) is 4.50. The molecular weight excluding hydrogens is 394 g/mol. The number of halogens is 1. The largest absolute Gasteiger partial charge is 0.348 e. The van der Waals surface area contributed by atoms with Crippen LogP contribution in [0.4, 0.5) is 0 Å². The van der Waals surface area contributed by atoms with E-state index in [4.69, 9.17) is 11.6 Å². The molecule has 0 aliphatic carbocycles. The lowest BCUT2D eigenvalue weighted by molar-refractivity contribution is -0.115. The molecule has 0 unspecified atom stereocenters. The summed E-state index contributed by atoms with van der Waals surface area (Å²) in [5.74, 6) is -0.165. The van der Waals surface area contributed by atoms with Crippen LogP contribution >= 0.6 is 11.6 Å². The van der Waals surface area contributed by atoms with Crippen molar-refractivity contribution in [2.45, 2.75) is 6.54 Å². The fourth-order valence-corrected chi connectivity index (χ4v) is 3.42. The molecule has 0 radical (unpaired) electrons. The Labute approximate surface area is 180 Å². The quantitative estimate of drug-likeness (QED) is 0.340. The number of amides is 1. The van der Waals surface area contributed by atoms with Crippen molar-refractivity contribution < 1.29 is 4.79 Å². The number of carbonyl (C=O) groups is 1. The smallest absolute Gasteiger partial charge is 0.252 e. The highest BCUT2D eigenvalue weighted by atomic mass is 35.5. The fraction of sp³-hybridized carbons (Fsp3) is 0.0400. The van der Waals surface area contributed by atoms with Gasteiger partial charge in [0.15, 0.2) is 0 Å². The van der Waals surface area contributed by atoms with E-state index in [1.165, 1.54) is 0 Å². The molecule has 0 atom stereocenters. The lowest BCUT2D eigenvalue weighted by atomic mass is 10.0. The summed E-state index contributed by atoms with van der Waals surface area (Å²) >= 11 is 6.33. The lowest BCUT2D eigenvalue weighted by Gasteiger charge is -2.13. The Kier molecular flexibility index (Phi) is 6.06. The van der Waals surface area contributed by atoms with Crippen molar-refractivity contribution in [2.75, 3.05) is 0 Å². The van der Waals surface area contributed by atoms with Gasteiger partial charge in [0.25, 0.3) is 5.91 Å². The van der Waals surface area contributed by atoms with Crippen molar-refractivity contribution >= 4 is 29.2 Å². The number of benzene rings is 3. The molecule has 4 rings (SSSR count). The summed E-state index contributed by atoms with van der Waals surface area (Å²) in [6.07, 6.45) is 7.19. The zero-order valence-corrected chi connectivity index (χ0v) is 17.0.